The van der Waals surface area contributed by atoms with E-state index in [0.29, 0.717) is 12.1 Å². The van der Waals surface area contributed by atoms with Crippen molar-refractivity contribution in [2.75, 3.05) is 0 Å². The molecular formula is C21H16F8N2O5S. The minimum atomic E-state index is -6.26. The van der Waals surface area contributed by atoms with Crippen molar-refractivity contribution in [1.29, 1.82) is 0 Å². The minimum absolute atomic E-state index is 0.0853. The summed E-state index contributed by atoms with van der Waals surface area (Å²) in [6, 6.07) is 4.27. The van der Waals surface area contributed by atoms with Crippen LogP contribution in [-0.2, 0) is 19.7 Å². The summed E-state index contributed by atoms with van der Waals surface area (Å²) in [5, 5.41) is 3.88. The largest absolute Gasteiger partial charge is 0.534 e. The lowest BCUT2D eigenvalue weighted by molar-refractivity contribution is -0.175. The topological polar surface area (TPSA) is 102 Å². The van der Waals surface area contributed by atoms with E-state index >= 15 is 0 Å². The summed E-state index contributed by atoms with van der Waals surface area (Å²) in [6.45, 7) is 1.27. The number of carbonyl (C=O) groups is 2. The number of rotatable bonds is 7. The van der Waals surface area contributed by atoms with Crippen molar-refractivity contribution in [2.45, 2.75) is 43.0 Å². The van der Waals surface area contributed by atoms with E-state index in [1.165, 1.54) is 6.92 Å². The fourth-order valence-corrected chi connectivity index (χ4v) is 3.74. The smallest absolute Gasteiger partial charge is 0.372 e. The molecule has 16 heteroatoms. The number of hydrogen-bond donors (Lipinski definition) is 2. The van der Waals surface area contributed by atoms with Crippen LogP contribution in [-0.4, -0.2) is 37.5 Å². The highest BCUT2D eigenvalue weighted by atomic mass is 32.2. The molecule has 0 spiro atoms. The van der Waals surface area contributed by atoms with Gasteiger partial charge in [-0.2, -0.15) is 34.8 Å². The van der Waals surface area contributed by atoms with Crippen LogP contribution in [0.25, 0.3) is 11.1 Å². The highest BCUT2D eigenvalue weighted by molar-refractivity contribution is 7.88. The first-order valence-electron chi connectivity index (χ1n) is 10.2. The molecule has 0 radical (unpaired) electrons. The van der Waals surface area contributed by atoms with Gasteiger partial charge in [0.25, 0.3) is 0 Å². The van der Waals surface area contributed by atoms with E-state index in [2.05, 4.69) is 9.50 Å². The van der Waals surface area contributed by atoms with Gasteiger partial charge in [0.05, 0.1) is 6.04 Å². The SMILES string of the molecule is C[C@@H](NC(=O)C1(NC(=O)C(F)(F)F)CC1)c1ccc(-c2cccc(F)c2OS(=O)(=O)C(F)(F)F)cc1F. The summed E-state index contributed by atoms with van der Waals surface area (Å²) in [4.78, 5) is 23.6. The van der Waals surface area contributed by atoms with Gasteiger partial charge in [0.15, 0.2) is 11.6 Å². The fourth-order valence-electron chi connectivity index (χ4n) is 3.26. The van der Waals surface area contributed by atoms with Crippen LogP contribution in [0.4, 0.5) is 35.1 Å². The Morgan fingerprint density at radius 2 is 1.62 bits per heavy atom. The van der Waals surface area contributed by atoms with Crippen molar-refractivity contribution < 1.29 is 57.3 Å². The molecule has 2 aromatic rings. The Kier molecular flexibility index (Phi) is 7.20. The van der Waals surface area contributed by atoms with Gasteiger partial charge in [-0.05, 0) is 37.5 Å². The maximum Gasteiger partial charge on any atom is 0.534 e. The number of carbonyl (C=O) groups excluding carboxylic acids is 2. The fraction of sp³-hybridized carbons (Fsp3) is 0.333. The lowest BCUT2D eigenvalue weighted by Gasteiger charge is -2.22. The minimum Gasteiger partial charge on any atom is -0.372 e. The average Bonchev–Trinajstić information content (AvgIpc) is 3.54. The number of alkyl halides is 6. The Morgan fingerprint density at radius 3 is 2.14 bits per heavy atom. The molecule has 1 atom stereocenters. The van der Waals surface area contributed by atoms with Crippen LogP contribution in [0.5, 0.6) is 5.75 Å². The normalized spacial score (nSPS) is 16.0. The molecule has 1 aliphatic carbocycles. The van der Waals surface area contributed by atoms with Crippen LogP contribution in [0, 0.1) is 11.6 Å². The standard InChI is InChI=1S/C21H16F8N2O5S/c1-10(30-17(32)19(7-8-19)31-18(33)20(24,25)26)12-6-5-11(9-15(12)23)13-3-2-4-14(22)16(13)36-37(34,35)21(27,28)29/h2-6,9-10H,7-8H2,1H3,(H,30,32)(H,31,33)/t10-/m1/s1. The molecule has 0 bridgehead atoms. The summed E-state index contributed by atoms with van der Waals surface area (Å²) in [7, 11) is -6.26. The highest BCUT2D eigenvalue weighted by Gasteiger charge is 2.55. The third kappa shape index (κ3) is 5.94. The molecular weight excluding hydrogens is 544 g/mol. The lowest BCUT2D eigenvalue weighted by atomic mass is 9.99. The van der Waals surface area contributed by atoms with E-state index in [4.69, 9.17) is 0 Å². The zero-order valence-electron chi connectivity index (χ0n) is 18.4. The zero-order valence-corrected chi connectivity index (χ0v) is 19.2. The summed E-state index contributed by atoms with van der Waals surface area (Å²) in [5.41, 5.74) is -8.73. The van der Waals surface area contributed by atoms with Gasteiger partial charge in [-0.1, -0.05) is 24.3 Å². The van der Waals surface area contributed by atoms with Gasteiger partial charge >= 0.3 is 27.7 Å². The Hall–Kier alpha value is -3.43. The van der Waals surface area contributed by atoms with Crippen LogP contribution in [0.2, 0.25) is 0 Å². The first-order chi connectivity index (χ1) is 16.9. The molecule has 0 saturated heterocycles. The van der Waals surface area contributed by atoms with Crippen molar-refractivity contribution in [1.82, 2.24) is 10.6 Å². The Labute approximate surface area is 203 Å². The van der Waals surface area contributed by atoms with Gasteiger partial charge in [0, 0.05) is 11.1 Å². The maximum atomic E-state index is 14.9. The molecule has 3 rings (SSSR count). The van der Waals surface area contributed by atoms with E-state index in [-0.39, 0.29) is 24.0 Å². The van der Waals surface area contributed by atoms with E-state index in [9.17, 15) is 53.1 Å². The van der Waals surface area contributed by atoms with Crippen molar-refractivity contribution in [2.24, 2.45) is 0 Å². The third-order valence-electron chi connectivity index (χ3n) is 5.36. The molecule has 0 aromatic heterocycles. The zero-order chi connectivity index (χ0) is 28.0. The molecule has 1 saturated carbocycles. The Bertz CT molecular complexity index is 1340. The second-order valence-corrected chi connectivity index (χ2v) is 9.60. The second-order valence-electron chi connectivity index (χ2n) is 8.07. The molecule has 37 heavy (non-hydrogen) atoms. The molecule has 1 aliphatic rings. The van der Waals surface area contributed by atoms with Crippen LogP contribution in [0.3, 0.4) is 0 Å². The lowest BCUT2D eigenvalue weighted by Crippen LogP contribution is -2.53. The molecule has 2 aromatic carbocycles. The van der Waals surface area contributed by atoms with Crippen molar-refractivity contribution in [3.8, 4) is 16.9 Å². The van der Waals surface area contributed by atoms with Crippen LogP contribution >= 0.6 is 0 Å². The van der Waals surface area contributed by atoms with Gasteiger partial charge in [-0.25, -0.2) is 8.78 Å². The van der Waals surface area contributed by atoms with Crippen LogP contribution in [0.15, 0.2) is 36.4 Å². The van der Waals surface area contributed by atoms with Gasteiger partial charge in [0.2, 0.25) is 5.91 Å². The van der Waals surface area contributed by atoms with Gasteiger partial charge in [-0.3, -0.25) is 9.59 Å². The van der Waals surface area contributed by atoms with Gasteiger partial charge < -0.3 is 14.8 Å². The number of hydrogen-bond acceptors (Lipinski definition) is 5. The van der Waals surface area contributed by atoms with E-state index in [1.807, 2.05) is 0 Å². The molecule has 2 N–H and O–H groups in total. The van der Waals surface area contributed by atoms with Crippen molar-refractivity contribution >= 4 is 21.9 Å². The molecule has 0 heterocycles. The molecule has 202 valence electrons. The van der Waals surface area contributed by atoms with E-state index in [0.717, 1.165) is 24.3 Å². The quantitative estimate of drug-likeness (QED) is 0.300. The number of nitrogens with one attached hydrogen (secondary N) is 2. The molecule has 0 aliphatic heterocycles. The van der Waals surface area contributed by atoms with Gasteiger partial charge in [-0.15, -0.1) is 0 Å². The Morgan fingerprint density at radius 1 is 1.00 bits per heavy atom. The van der Waals surface area contributed by atoms with E-state index in [1.54, 1.807) is 5.32 Å². The first kappa shape index (κ1) is 28.1. The van der Waals surface area contributed by atoms with Crippen LogP contribution in [0.1, 0.15) is 31.4 Å². The molecule has 1 fully saturated rings. The predicted molar refractivity (Wildman–Crippen MR) is 110 cm³/mol. The average molecular weight is 560 g/mol. The first-order valence-corrected chi connectivity index (χ1v) is 11.6. The maximum absolute atomic E-state index is 14.9. The van der Waals surface area contributed by atoms with Crippen molar-refractivity contribution in [3.05, 3.63) is 53.6 Å². The number of benzene rings is 2. The number of halogens is 8. The number of amides is 2. The predicted octanol–water partition coefficient (Wildman–Crippen LogP) is 4.25. The summed E-state index contributed by atoms with van der Waals surface area (Å²) in [6.07, 6.45) is -5.39. The molecule has 2 amide bonds. The molecule has 0 unspecified atom stereocenters. The second kappa shape index (κ2) is 9.46. The van der Waals surface area contributed by atoms with E-state index < -0.39 is 68.1 Å². The number of para-hydroxylation sites is 1. The van der Waals surface area contributed by atoms with Gasteiger partial charge in [0.1, 0.15) is 11.4 Å². The van der Waals surface area contributed by atoms with Crippen molar-refractivity contribution in [3.63, 3.8) is 0 Å². The summed E-state index contributed by atoms with van der Waals surface area (Å²) in [5.74, 6) is -7.21. The highest BCUT2D eigenvalue weighted by Crippen LogP contribution is 2.39. The van der Waals surface area contributed by atoms with Crippen LogP contribution < -0.4 is 14.8 Å². The summed E-state index contributed by atoms with van der Waals surface area (Å²) >= 11 is 0. The Balaban J connectivity index is 1.84. The molecule has 7 nitrogen and oxygen atoms in total. The third-order valence-corrected chi connectivity index (χ3v) is 6.32. The summed E-state index contributed by atoms with van der Waals surface area (Å²) < 4.78 is 131. The monoisotopic (exact) mass is 560 g/mol.